The van der Waals surface area contributed by atoms with Gasteiger partial charge in [-0.05, 0) is 36.6 Å². The standard InChI is InChI=1S/C12H16O3S/c1-14-11-4-5-12(10(8-11)9-13)15-6-3-7-16-2/h4-5,8-9H,3,6-7H2,1-2H3. The summed E-state index contributed by atoms with van der Waals surface area (Å²) in [7, 11) is 1.57. The summed E-state index contributed by atoms with van der Waals surface area (Å²) in [6.45, 7) is 0.633. The van der Waals surface area contributed by atoms with E-state index in [2.05, 4.69) is 6.26 Å². The molecule has 1 aromatic rings. The van der Waals surface area contributed by atoms with Crippen LogP contribution < -0.4 is 9.47 Å². The predicted molar refractivity (Wildman–Crippen MR) is 66.9 cm³/mol. The van der Waals surface area contributed by atoms with Crippen LogP contribution in [0.25, 0.3) is 0 Å². The molecule has 88 valence electrons. The number of thioether (sulfide) groups is 1. The van der Waals surface area contributed by atoms with Crippen molar-refractivity contribution in [3.63, 3.8) is 0 Å². The highest BCUT2D eigenvalue weighted by atomic mass is 32.2. The van der Waals surface area contributed by atoms with E-state index < -0.39 is 0 Å². The van der Waals surface area contributed by atoms with E-state index in [1.807, 2.05) is 0 Å². The van der Waals surface area contributed by atoms with Crippen LogP contribution in [-0.2, 0) is 0 Å². The van der Waals surface area contributed by atoms with Crippen LogP contribution in [0.15, 0.2) is 18.2 Å². The Hall–Kier alpha value is -1.16. The highest BCUT2D eigenvalue weighted by Crippen LogP contribution is 2.22. The van der Waals surface area contributed by atoms with Crippen molar-refractivity contribution in [1.29, 1.82) is 0 Å². The fourth-order valence-corrected chi connectivity index (χ4v) is 1.67. The fraction of sp³-hybridized carbons (Fsp3) is 0.417. The molecule has 0 saturated carbocycles. The molecule has 0 aromatic heterocycles. The summed E-state index contributed by atoms with van der Waals surface area (Å²) in [6, 6.07) is 5.23. The van der Waals surface area contributed by atoms with E-state index in [9.17, 15) is 4.79 Å². The summed E-state index contributed by atoms with van der Waals surface area (Å²) in [5.41, 5.74) is 0.531. The van der Waals surface area contributed by atoms with Crippen LogP contribution >= 0.6 is 11.8 Å². The van der Waals surface area contributed by atoms with Crippen molar-refractivity contribution in [3.05, 3.63) is 23.8 Å². The second-order valence-electron chi connectivity index (χ2n) is 3.22. The van der Waals surface area contributed by atoms with Gasteiger partial charge in [-0.15, -0.1) is 0 Å². The maximum atomic E-state index is 10.8. The maximum Gasteiger partial charge on any atom is 0.153 e. The van der Waals surface area contributed by atoms with Gasteiger partial charge in [0.1, 0.15) is 11.5 Å². The average Bonchev–Trinajstić information content (AvgIpc) is 2.34. The van der Waals surface area contributed by atoms with Crippen molar-refractivity contribution < 1.29 is 14.3 Å². The summed E-state index contributed by atoms with van der Waals surface area (Å²) < 4.78 is 10.6. The van der Waals surface area contributed by atoms with Gasteiger partial charge in [-0.1, -0.05) is 0 Å². The number of carbonyl (C=O) groups is 1. The van der Waals surface area contributed by atoms with Crippen molar-refractivity contribution >= 4 is 18.0 Å². The smallest absolute Gasteiger partial charge is 0.153 e. The highest BCUT2D eigenvalue weighted by molar-refractivity contribution is 7.98. The topological polar surface area (TPSA) is 35.5 Å². The summed E-state index contributed by atoms with van der Waals surface area (Å²) >= 11 is 1.78. The highest BCUT2D eigenvalue weighted by Gasteiger charge is 2.04. The largest absolute Gasteiger partial charge is 0.497 e. The number of hydrogen-bond acceptors (Lipinski definition) is 4. The summed E-state index contributed by atoms with van der Waals surface area (Å²) in [6.07, 6.45) is 3.82. The van der Waals surface area contributed by atoms with Gasteiger partial charge < -0.3 is 9.47 Å². The van der Waals surface area contributed by atoms with E-state index in [1.165, 1.54) is 0 Å². The van der Waals surface area contributed by atoms with Crippen molar-refractivity contribution in [3.8, 4) is 11.5 Å². The van der Waals surface area contributed by atoms with Crippen molar-refractivity contribution in [2.24, 2.45) is 0 Å². The minimum Gasteiger partial charge on any atom is -0.497 e. The Kier molecular flexibility index (Phi) is 5.78. The molecule has 0 radical (unpaired) electrons. The Bertz CT molecular complexity index is 339. The van der Waals surface area contributed by atoms with E-state index in [4.69, 9.17) is 9.47 Å². The number of benzene rings is 1. The number of carbonyl (C=O) groups excluding carboxylic acids is 1. The van der Waals surface area contributed by atoms with Gasteiger partial charge in [-0.3, -0.25) is 4.79 Å². The van der Waals surface area contributed by atoms with E-state index in [1.54, 1.807) is 37.1 Å². The first-order valence-electron chi connectivity index (χ1n) is 5.06. The minimum atomic E-state index is 0.531. The summed E-state index contributed by atoms with van der Waals surface area (Å²) in [4.78, 5) is 10.8. The molecule has 4 heteroatoms. The van der Waals surface area contributed by atoms with Crippen LogP contribution in [0.5, 0.6) is 11.5 Å². The van der Waals surface area contributed by atoms with Crippen LogP contribution in [0.3, 0.4) is 0 Å². The normalized spacial score (nSPS) is 9.88. The fourth-order valence-electron chi connectivity index (χ4n) is 1.26. The Balaban J connectivity index is 2.61. The summed E-state index contributed by atoms with van der Waals surface area (Å²) in [5.74, 6) is 2.35. The van der Waals surface area contributed by atoms with Crippen molar-refractivity contribution in [2.75, 3.05) is 25.7 Å². The van der Waals surface area contributed by atoms with Crippen LogP contribution in [0.1, 0.15) is 16.8 Å². The Morgan fingerprint density at radius 1 is 1.44 bits per heavy atom. The Morgan fingerprint density at radius 2 is 2.25 bits per heavy atom. The molecule has 0 atom stereocenters. The van der Waals surface area contributed by atoms with E-state index >= 15 is 0 Å². The maximum absolute atomic E-state index is 10.8. The summed E-state index contributed by atoms with van der Waals surface area (Å²) in [5, 5.41) is 0. The number of aldehydes is 1. The van der Waals surface area contributed by atoms with Crippen molar-refractivity contribution in [2.45, 2.75) is 6.42 Å². The van der Waals surface area contributed by atoms with Gasteiger partial charge in [0.05, 0.1) is 19.3 Å². The molecule has 0 fully saturated rings. The second kappa shape index (κ2) is 7.17. The molecule has 0 spiro atoms. The second-order valence-corrected chi connectivity index (χ2v) is 4.20. The van der Waals surface area contributed by atoms with Gasteiger partial charge in [-0.2, -0.15) is 11.8 Å². The third-order valence-electron chi connectivity index (χ3n) is 2.09. The van der Waals surface area contributed by atoms with Gasteiger partial charge in [0.15, 0.2) is 6.29 Å². The third kappa shape index (κ3) is 3.77. The zero-order chi connectivity index (χ0) is 11.8. The van der Waals surface area contributed by atoms with Crippen molar-refractivity contribution in [1.82, 2.24) is 0 Å². The predicted octanol–water partition coefficient (Wildman–Crippen LogP) is 2.64. The van der Waals surface area contributed by atoms with Crippen LogP contribution in [0.4, 0.5) is 0 Å². The van der Waals surface area contributed by atoms with Gasteiger partial charge >= 0.3 is 0 Å². The zero-order valence-electron chi connectivity index (χ0n) is 9.56. The lowest BCUT2D eigenvalue weighted by molar-refractivity contribution is 0.111. The minimum absolute atomic E-state index is 0.531. The van der Waals surface area contributed by atoms with Gasteiger partial charge in [-0.25, -0.2) is 0 Å². The molecule has 0 heterocycles. The van der Waals surface area contributed by atoms with Gasteiger partial charge in [0.2, 0.25) is 0 Å². The van der Waals surface area contributed by atoms with E-state index in [-0.39, 0.29) is 0 Å². The molecule has 0 unspecified atom stereocenters. The molecule has 16 heavy (non-hydrogen) atoms. The Morgan fingerprint density at radius 3 is 2.88 bits per heavy atom. The molecule has 0 N–H and O–H groups in total. The molecule has 1 rings (SSSR count). The first-order valence-corrected chi connectivity index (χ1v) is 6.46. The first-order chi connectivity index (χ1) is 7.81. The molecule has 0 bridgehead atoms. The molecular weight excluding hydrogens is 224 g/mol. The number of ether oxygens (including phenoxy) is 2. The molecule has 1 aromatic carbocycles. The molecule has 0 aliphatic heterocycles. The first kappa shape index (κ1) is 12.9. The number of rotatable bonds is 7. The van der Waals surface area contributed by atoms with Gasteiger partial charge in [0, 0.05) is 0 Å². The lowest BCUT2D eigenvalue weighted by Gasteiger charge is -2.09. The zero-order valence-corrected chi connectivity index (χ0v) is 10.4. The van der Waals surface area contributed by atoms with E-state index in [0.717, 1.165) is 18.5 Å². The molecule has 0 saturated heterocycles. The average molecular weight is 240 g/mol. The van der Waals surface area contributed by atoms with Crippen LogP contribution in [-0.4, -0.2) is 32.0 Å². The third-order valence-corrected chi connectivity index (χ3v) is 2.79. The van der Waals surface area contributed by atoms with Crippen LogP contribution in [0, 0.1) is 0 Å². The van der Waals surface area contributed by atoms with Crippen LogP contribution in [0.2, 0.25) is 0 Å². The molecule has 0 aliphatic rings. The SMILES string of the molecule is COc1ccc(OCCCSC)c(C=O)c1. The molecular formula is C12H16O3S. The number of methoxy groups -OCH3 is 1. The quantitative estimate of drug-likeness (QED) is 0.542. The molecule has 0 amide bonds. The van der Waals surface area contributed by atoms with E-state index in [0.29, 0.717) is 23.7 Å². The molecule has 0 aliphatic carbocycles. The Labute approximate surface area is 100 Å². The number of hydrogen-bond donors (Lipinski definition) is 0. The van der Waals surface area contributed by atoms with Gasteiger partial charge in [0.25, 0.3) is 0 Å². The molecule has 3 nitrogen and oxygen atoms in total. The lowest BCUT2D eigenvalue weighted by atomic mass is 10.2. The monoisotopic (exact) mass is 240 g/mol. The lowest BCUT2D eigenvalue weighted by Crippen LogP contribution is -2.01.